The number of piperidine rings is 1. The van der Waals surface area contributed by atoms with Crippen molar-refractivity contribution in [3.63, 3.8) is 0 Å². The molecule has 1 aliphatic rings. The van der Waals surface area contributed by atoms with Crippen LogP contribution in [0.5, 0.6) is 0 Å². The number of hydrogen-bond acceptors (Lipinski definition) is 5. The Bertz CT molecular complexity index is 741. The number of benzene rings is 1. The third kappa shape index (κ3) is 6.30. The molecule has 1 saturated heterocycles. The summed E-state index contributed by atoms with van der Waals surface area (Å²) in [6.45, 7) is 3.14. The van der Waals surface area contributed by atoms with Crippen molar-refractivity contribution in [2.24, 2.45) is 5.92 Å². The fourth-order valence-corrected chi connectivity index (χ4v) is 4.51. The Balaban J connectivity index is 1.88. The van der Waals surface area contributed by atoms with Gasteiger partial charge in [0, 0.05) is 45.8 Å². The van der Waals surface area contributed by atoms with Crippen molar-refractivity contribution >= 4 is 27.5 Å². The SMILES string of the molecule is COCCNC(=O)CC1CCN(S(=O)(=O)c2ccc(NC(C)=O)cc2)CC1. The number of sulfonamides is 1. The van der Waals surface area contributed by atoms with Crippen molar-refractivity contribution in [1.29, 1.82) is 0 Å². The summed E-state index contributed by atoms with van der Waals surface area (Å²) >= 11 is 0. The molecule has 0 unspecified atom stereocenters. The largest absolute Gasteiger partial charge is 0.383 e. The molecule has 1 heterocycles. The monoisotopic (exact) mass is 397 g/mol. The number of anilines is 1. The summed E-state index contributed by atoms with van der Waals surface area (Å²) in [5.41, 5.74) is 0.555. The number of methoxy groups -OCH3 is 1. The lowest BCUT2D eigenvalue weighted by Gasteiger charge is -2.31. The smallest absolute Gasteiger partial charge is 0.243 e. The van der Waals surface area contributed by atoms with Crippen LogP contribution in [0.25, 0.3) is 0 Å². The lowest BCUT2D eigenvalue weighted by atomic mass is 9.94. The highest BCUT2D eigenvalue weighted by molar-refractivity contribution is 7.89. The van der Waals surface area contributed by atoms with Gasteiger partial charge in [0.2, 0.25) is 21.8 Å². The first-order valence-corrected chi connectivity index (χ1v) is 10.4. The molecular formula is C18H27N3O5S. The normalized spacial score (nSPS) is 16.1. The van der Waals surface area contributed by atoms with E-state index in [9.17, 15) is 18.0 Å². The Kier molecular flexibility index (Phi) is 7.76. The van der Waals surface area contributed by atoms with Gasteiger partial charge in [-0.25, -0.2) is 8.42 Å². The predicted octanol–water partition coefficient (Wildman–Crippen LogP) is 1.20. The average molecular weight is 397 g/mol. The molecule has 0 atom stereocenters. The summed E-state index contributed by atoms with van der Waals surface area (Å²) in [5.74, 6) is -0.0537. The maximum atomic E-state index is 12.8. The first-order chi connectivity index (χ1) is 12.8. The fourth-order valence-electron chi connectivity index (χ4n) is 3.04. The maximum absolute atomic E-state index is 12.8. The summed E-state index contributed by atoms with van der Waals surface area (Å²) in [7, 11) is -1.99. The number of carbonyl (C=O) groups is 2. The summed E-state index contributed by atoms with van der Waals surface area (Å²) in [6, 6.07) is 6.14. The van der Waals surface area contributed by atoms with Crippen LogP contribution in [0.4, 0.5) is 5.69 Å². The maximum Gasteiger partial charge on any atom is 0.243 e. The van der Waals surface area contributed by atoms with E-state index in [1.165, 1.54) is 23.4 Å². The number of amides is 2. The van der Waals surface area contributed by atoms with Crippen LogP contribution < -0.4 is 10.6 Å². The molecule has 9 heteroatoms. The van der Waals surface area contributed by atoms with Crippen LogP contribution in [0.15, 0.2) is 29.2 Å². The van der Waals surface area contributed by atoms with Crippen LogP contribution in [0.2, 0.25) is 0 Å². The number of ether oxygens (including phenoxy) is 1. The third-order valence-electron chi connectivity index (χ3n) is 4.49. The van der Waals surface area contributed by atoms with Crippen molar-refractivity contribution < 1.29 is 22.7 Å². The van der Waals surface area contributed by atoms with Crippen molar-refractivity contribution in [2.75, 3.05) is 38.7 Å². The topological polar surface area (TPSA) is 105 Å². The van der Waals surface area contributed by atoms with Crippen LogP contribution >= 0.6 is 0 Å². The molecule has 1 fully saturated rings. The Morgan fingerprint density at radius 3 is 2.37 bits per heavy atom. The summed E-state index contributed by atoms with van der Waals surface area (Å²) in [6.07, 6.45) is 1.71. The highest BCUT2D eigenvalue weighted by atomic mass is 32.2. The van der Waals surface area contributed by atoms with Crippen molar-refractivity contribution in [3.8, 4) is 0 Å². The zero-order valence-electron chi connectivity index (χ0n) is 15.7. The van der Waals surface area contributed by atoms with Crippen LogP contribution in [-0.2, 0) is 24.3 Å². The van der Waals surface area contributed by atoms with Gasteiger partial charge >= 0.3 is 0 Å². The molecule has 1 aromatic rings. The summed E-state index contributed by atoms with van der Waals surface area (Å²) < 4.78 is 31.9. The van der Waals surface area contributed by atoms with Gasteiger partial charge in [-0.2, -0.15) is 4.31 Å². The van der Waals surface area contributed by atoms with E-state index in [0.717, 1.165) is 0 Å². The minimum Gasteiger partial charge on any atom is -0.383 e. The molecule has 0 radical (unpaired) electrons. The Morgan fingerprint density at radius 1 is 1.19 bits per heavy atom. The molecule has 0 aliphatic carbocycles. The van der Waals surface area contributed by atoms with Gasteiger partial charge in [-0.3, -0.25) is 9.59 Å². The zero-order valence-corrected chi connectivity index (χ0v) is 16.5. The van der Waals surface area contributed by atoms with Gasteiger partial charge in [-0.1, -0.05) is 0 Å². The molecule has 8 nitrogen and oxygen atoms in total. The molecule has 0 bridgehead atoms. The second-order valence-corrected chi connectivity index (χ2v) is 8.54. The molecular weight excluding hydrogens is 370 g/mol. The molecule has 2 rings (SSSR count). The van der Waals surface area contributed by atoms with Gasteiger partial charge in [0.15, 0.2) is 0 Å². The van der Waals surface area contributed by atoms with Gasteiger partial charge in [0.1, 0.15) is 0 Å². The highest BCUT2D eigenvalue weighted by Gasteiger charge is 2.30. The van der Waals surface area contributed by atoms with Crippen LogP contribution in [0, 0.1) is 5.92 Å². The molecule has 27 heavy (non-hydrogen) atoms. The molecule has 1 aromatic carbocycles. The fraction of sp³-hybridized carbons (Fsp3) is 0.556. The molecule has 150 valence electrons. The number of nitrogens with one attached hydrogen (secondary N) is 2. The summed E-state index contributed by atoms with van der Waals surface area (Å²) in [5, 5.41) is 5.40. The number of carbonyl (C=O) groups excluding carboxylic acids is 2. The molecule has 0 aromatic heterocycles. The van der Waals surface area contributed by atoms with Gasteiger partial charge in [0.05, 0.1) is 11.5 Å². The lowest BCUT2D eigenvalue weighted by molar-refractivity contribution is -0.122. The molecule has 0 spiro atoms. The first kappa shape index (κ1) is 21.3. The average Bonchev–Trinajstić information content (AvgIpc) is 2.62. The molecule has 0 saturated carbocycles. The zero-order chi connectivity index (χ0) is 19.9. The van der Waals surface area contributed by atoms with E-state index < -0.39 is 10.0 Å². The number of hydrogen-bond donors (Lipinski definition) is 2. The van der Waals surface area contributed by atoms with E-state index in [1.807, 2.05) is 0 Å². The second kappa shape index (κ2) is 9.82. The first-order valence-electron chi connectivity index (χ1n) is 8.96. The van der Waals surface area contributed by atoms with Gasteiger partial charge in [0.25, 0.3) is 0 Å². The standard InChI is InChI=1S/C18H27N3O5S/c1-14(22)20-16-3-5-17(6-4-16)27(24,25)21-10-7-15(8-11-21)13-18(23)19-9-12-26-2/h3-6,15H,7-13H2,1-2H3,(H,19,23)(H,20,22). The Hall–Kier alpha value is -1.97. The van der Waals surface area contributed by atoms with E-state index >= 15 is 0 Å². The second-order valence-electron chi connectivity index (χ2n) is 6.60. The minimum absolute atomic E-state index is 0.0260. The number of rotatable bonds is 8. The lowest BCUT2D eigenvalue weighted by Crippen LogP contribution is -2.39. The van der Waals surface area contributed by atoms with Gasteiger partial charge in [-0.05, 0) is 43.0 Å². The number of nitrogens with zero attached hydrogens (tertiary/aromatic N) is 1. The predicted molar refractivity (Wildman–Crippen MR) is 102 cm³/mol. The summed E-state index contributed by atoms with van der Waals surface area (Å²) in [4.78, 5) is 23.1. The van der Waals surface area contributed by atoms with E-state index in [4.69, 9.17) is 4.74 Å². The van der Waals surface area contributed by atoms with Gasteiger partial charge < -0.3 is 15.4 Å². The third-order valence-corrected chi connectivity index (χ3v) is 6.40. The minimum atomic E-state index is -3.57. The quantitative estimate of drug-likeness (QED) is 0.642. The highest BCUT2D eigenvalue weighted by Crippen LogP contribution is 2.26. The van der Waals surface area contributed by atoms with Crippen LogP contribution in [0.3, 0.4) is 0 Å². The van der Waals surface area contributed by atoms with E-state index in [1.54, 1.807) is 19.2 Å². The van der Waals surface area contributed by atoms with Gasteiger partial charge in [-0.15, -0.1) is 0 Å². The molecule has 1 aliphatic heterocycles. The van der Waals surface area contributed by atoms with Crippen LogP contribution in [0.1, 0.15) is 26.2 Å². The Labute approximate surface area is 160 Å². The van der Waals surface area contributed by atoms with E-state index in [-0.39, 0.29) is 22.6 Å². The van der Waals surface area contributed by atoms with Crippen molar-refractivity contribution in [1.82, 2.24) is 9.62 Å². The van der Waals surface area contributed by atoms with Crippen molar-refractivity contribution in [3.05, 3.63) is 24.3 Å². The Morgan fingerprint density at radius 2 is 1.81 bits per heavy atom. The van der Waals surface area contributed by atoms with Crippen molar-refractivity contribution in [2.45, 2.75) is 31.1 Å². The molecule has 2 N–H and O–H groups in total. The van der Waals surface area contributed by atoms with Crippen LogP contribution in [-0.4, -0.2) is 57.9 Å². The van der Waals surface area contributed by atoms with E-state index in [0.29, 0.717) is 51.2 Å². The molecule has 2 amide bonds. The van der Waals surface area contributed by atoms with E-state index in [2.05, 4.69) is 10.6 Å².